The van der Waals surface area contributed by atoms with E-state index < -0.39 is 6.10 Å². The second kappa shape index (κ2) is 5.67. The average molecular weight is 346 g/mol. The molecular formula is C21H30O4. The summed E-state index contributed by atoms with van der Waals surface area (Å²) in [6.07, 6.45) is 7.76. The highest BCUT2D eigenvalue weighted by atomic mass is 16.5. The van der Waals surface area contributed by atoms with Crippen LogP contribution in [0.5, 0.6) is 0 Å². The van der Waals surface area contributed by atoms with Gasteiger partial charge in [0, 0.05) is 25.2 Å². The predicted molar refractivity (Wildman–Crippen MR) is 93.7 cm³/mol. The van der Waals surface area contributed by atoms with Gasteiger partial charge in [0.1, 0.15) is 11.9 Å². The fourth-order valence-corrected chi connectivity index (χ4v) is 6.72. The van der Waals surface area contributed by atoms with Gasteiger partial charge in [-0.15, -0.1) is 0 Å². The van der Waals surface area contributed by atoms with Crippen molar-refractivity contribution in [3.63, 3.8) is 0 Å². The zero-order chi connectivity index (χ0) is 18.0. The molecular weight excluding hydrogens is 316 g/mol. The minimum Gasteiger partial charge on any atom is -0.462 e. The lowest BCUT2D eigenvalue weighted by molar-refractivity contribution is -0.149. The van der Waals surface area contributed by atoms with Crippen molar-refractivity contribution in [2.75, 3.05) is 0 Å². The summed E-state index contributed by atoms with van der Waals surface area (Å²) >= 11 is 0. The second-order valence-corrected chi connectivity index (χ2v) is 9.28. The van der Waals surface area contributed by atoms with Crippen LogP contribution >= 0.6 is 0 Å². The van der Waals surface area contributed by atoms with Gasteiger partial charge in [-0.2, -0.15) is 0 Å². The molecule has 7 atom stereocenters. The van der Waals surface area contributed by atoms with Crippen molar-refractivity contribution in [1.29, 1.82) is 0 Å². The molecule has 0 heterocycles. The number of carbonyl (C=O) groups is 2. The molecule has 0 radical (unpaired) electrons. The molecule has 3 fully saturated rings. The number of hydrogen-bond donors (Lipinski definition) is 1. The lowest BCUT2D eigenvalue weighted by atomic mass is 9.47. The maximum atomic E-state index is 12.5. The number of carbonyl (C=O) groups excluding carboxylic acids is 2. The molecule has 4 aliphatic carbocycles. The normalized spacial score (nSPS) is 48.9. The molecule has 0 aliphatic heterocycles. The summed E-state index contributed by atoms with van der Waals surface area (Å²) in [6.45, 7) is 5.94. The maximum Gasteiger partial charge on any atom is 0.302 e. The van der Waals surface area contributed by atoms with Crippen LogP contribution in [0.1, 0.15) is 65.7 Å². The van der Waals surface area contributed by atoms with E-state index in [2.05, 4.69) is 13.8 Å². The summed E-state index contributed by atoms with van der Waals surface area (Å²) in [5, 5.41) is 11.0. The molecule has 138 valence electrons. The molecule has 0 aromatic carbocycles. The third-order valence-corrected chi connectivity index (χ3v) is 8.13. The highest BCUT2D eigenvalue weighted by Crippen LogP contribution is 2.64. The molecule has 0 aromatic rings. The van der Waals surface area contributed by atoms with Gasteiger partial charge in [-0.3, -0.25) is 9.59 Å². The predicted octanol–water partition coefficient (Wildman–Crippen LogP) is 3.42. The Kier molecular flexibility index (Phi) is 3.91. The Morgan fingerprint density at radius 1 is 1.16 bits per heavy atom. The average Bonchev–Trinajstić information content (AvgIpc) is 2.84. The molecule has 4 heteroatoms. The van der Waals surface area contributed by atoms with E-state index in [-0.39, 0.29) is 28.8 Å². The van der Waals surface area contributed by atoms with E-state index >= 15 is 0 Å². The first-order chi connectivity index (χ1) is 11.8. The van der Waals surface area contributed by atoms with Crippen molar-refractivity contribution in [3.8, 4) is 0 Å². The zero-order valence-electron chi connectivity index (χ0n) is 15.6. The number of esters is 1. The van der Waals surface area contributed by atoms with Gasteiger partial charge in [0.2, 0.25) is 0 Å². The number of fused-ring (bicyclic) bond motifs is 5. The van der Waals surface area contributed by atoms with Gasteiger partial charge in [-0.05, 0) is 55.3 Å². The number of aliphatic hydroxyl groups is 1. The maximum absolute atomic E-state index is 12.5. The minimum atomic E-state index is -0.473. The number of Topliss-reactive ketones (excluding diaryl/α,β-unsaturated/α-hetero) is 1. The van der Waals surface area contributed by atoms with Crippen LogP contribution in [0.4, 0.5) is 0 Å². The number of aliphatic hydroxyl groups excluding tert-OH is 1. The first-order valence-corrected chi connectivity index (χ1v) is 9.85. The molecule has 0 aromatic heterocycles. The Morgan fingerprint density at radius 2 is 1.84 bits per heavy atom. The molecule has 0 spiro atoms. The van der Waals surface area contributed by atoms with E-state index in [1.165, 1.54) is 12.5 Å². The van der Waals surface area contributed by atoms with Crippen LogP contribution in [0.2, 0.25) is 0 Å². The van der Waals surface area contributed by atoms with Gasteiger partial charge in [0.05, 0.1) is 6.10 Å². The fourth-order valence-electron chi connectivity index (χ4n) is 6.72. The summed E-state index contributed by atoms with van der Waals surface area (Å²) < 4.78 is 5.45. The third-order valence-electron chi connectivity index (χ3n) is 8.13. The third kappa shape index (κ3) is 2.43. The number of ketones is 1. The Hall–Kier alpha value is -1.16. The Labute approximate surface area is 150 Å². The summed E-state index contributed by atoms with van der Waals surface area (Å²) in [5.41, 5.74) is 1.12. The van der Waals surface area contributed by atoms with Crippen LogP contribution in [0.25, 0.3) is 0 Å². The quantitative estimate of drug-likeness (QED) is 0.584. The van der Waals surface area contributed by atoms with Crippen LogP contribution in [-0.4, -0.2) is 29.1 Å². The van der Waals surface area contributed by atoms with Crippen molar-refractivity contribution in [3.05, 3.63) is 11.6 Å². The van der Waals surface area contributed by atoms with Crippen molar-refractivity contribution >= 4 is 11.8 Å². The molecule has 0 unspecified atom stereocenters. The fraction of sp³-hybridized carbons (Fsp3) is 0.810. The first kappa shape index (κ1) is 17.3. The smallest absolute Gasteiger partial charge is 0.302 e. The SMILES string of the molecule is CC(=O)O[C@H]1CC[C@@]2(C)C(=C[C@H](O)[C@@H]3[C@@H]2CC[C@]2(C)C(=O)CC[C@@H]32)C1. The van der Waals surface area contributed by atoms with Crippen molar-refractivity contribution in [2.45, 2.75) is 77.9 Å². The molecule has 0 amide bonds. The topological polar surface area (TPSA) is 63.6 Å². The van der Waals surface area contributed by atoms with Gasteiger partial charge < -0.3 is 9.84 Å². The van der Waals surface area contributed by atoms with E-state index in [1.807, 2.05) is 6.08 Å². The van der Waals surface area contributed by atoms with Gasteiger partial charge >= 0.3 is 5.97 Å². The van der Waals surface area contributed by atoms with Crippen LogP contribution in [0.3, 0.4) is 0 Å². The summed E-state index contributed by atoms with van der Waals surface area (Å²) in [7, 11) is 0. The minimum absolute atomic E-state index is 0.0533. The number of hydrogen-bond acceptors (Lipinski definition) is 4. The van der Waals surface area contributed by atoms with Crippen LogP contribution < -0.4 is 0 Å². The molecule has 0 bridgehead atoms. The number of ether oxygens (including phenoxy) is 1. The molecule has 4 nitrogen and oxygen atoms in total. The summed E-state index contributed by atoms with van der Waals surface area (Å²) in [4.78, 5) is 23.8. The van der Waals surface area contributed by atoms with E-state index in [4.69, 9.17) is 4.74 Å². The molecule has 3 saturated carbocycles. The van der Waals surface area contributed by atoms with Crippen molar-refractivity contribution in [1.82, 2.24) is 0 Å². The van der Waals surface area contributed by atoms with Crippen LogP contribution in [-0.2, 0) is 14.3 Å². The van der Waals surface area contributed by atoms with E-state index in [1.54, 1.807) is 0 Å². The first-order valence-electron chi connectivity index (χ1n) is 9.85. The molecule has 1 N–H and O–H groups in total. The molecule has 4 aliphatic rings. The monoisotopic (exact) mass is 346 g/mol. The highest BCUT2D eigenvalue weighted by molar-refractivity contribution is 5.87. The van der Waals surface area contributed by atoms with Crippen molar-refractivity contribution < 1.29 is 19.4 Å². The van der Waals surface area contributed by atoms with E-state index in [0.717, 1.165) is 38.5 Å². The molecule has 4 rings (SSSR count). The standard InChI is InChI=1S/C21H30O4/c1-12(22)25-14-6-8-20(2)13(10-14)11-17(23)19-15-4-5-18(24)21(15,3)9-7-16(19)20/h11,14-17,19,23H,4-10H2,1-3H3/t14-,15-,16-,17-,19-,20-,21-/m0/s1. The lowest BCUT2D eigenvalue weighted by Gasteiger charge is -2.58. The van der Waals surface area contributed by atoms with Crippen LogP contribution in [0, 0.1) is 28.6 Å². The van der Waals surface area contributed by atoms with E-state index in [0.29, 0.717) is 24.0 Å². The number of rotatable bonds is 1. The largest absolute Gasteiger partial charge is 0.462 e. The Bertz CT molecular complexity index is 638. The van der Waals surface area contributed by atoms with Gasteiger partial charge in [0.15, 0.2) is 0 Å². The van der Waals surface area contributed by atoms with Crippen LogP contribution in [0.15, 0.2) is 11.6 Å². The highest BCUT2D eigenvalue weighted by Gasteiger charge is 2.60. The summed E-state index contributed by atoms with van der Waals surface area (Å²) in [5.74, 6) is 1.13. The van der Waals surface area contributed by atoms with E-state index in [9.17, 15) is 14.7 Å². The lowest BCUT2D eigenvalue weighted by Crippen LogP contribution is -2.54. The second-order valence-electron chi connectivity index (χ2n) is 9.28. The zero-order valence-corrected chi connectivity index (χ0v) is 15.6. The molecule has 0 saturated heterocycles. The Morgan fingerprint density at radius 3 is 2.56 bits per heavy atom. The summed E-state index contributed by atoms with van der Waals surface area (Å²) in [6, 6.07) is 0. The van der Waals surface area contributed by atoms with Gasteiger partial charge in [-0.1, -0.05) is 25.5 Å². The Balaban J connectivity index is 1.65. The molecule has 25 heavy (non-hydrogen) atoms. The van der Waals surface area contributed by atoms with Crippen molar-refractivity contribution in [2.24, 2.45) is 28.6 Å². The van der Waals surface area contributed by atoms with Gasteiger partial charge in [0.25, 0.3) is 0 Å². The van der Waals surface area contributed by atoms with Gasteiger partial charge in [-0.25, -0.2) is 0 Å².